The fraction of sp³-hybridized carbons (Fsp3) is 0.242. The van der Waals surface area contributed by atoms with E-state index in [9.17, 15) is 24.0 Å². The van der Waals surface area contributed by atoms with Crippen LogP contribution in [0.15, 0.2) is 306 Å². The summed E-state index contributed by atoms with van der Waals surface area (Å²) in [6.45, 7) is 8.75. The molecule has 10 rings (SSSR count). The highest BCUT2D eigenvalue weighted by atomic mass is 19.5. The lowest BCUT2D eigenvalue weighted by atomic mass is 9.73. The summed E-state index contributed by atoms with van der Waals surface area (Å²) in [5, 5.41) is 0. The number of hydrogen-bond donors (Lipinski definition) is 0. The van der Waals surface area contributed by atoms with Crippen LogP contribution in [-0.4, -0.2) is 136 Å². The number of esters is 5. The van der Waals surface area contributed by atoms with E-state index in [1.807, 2.05) is 0 Å². The molecule has 16 nitrogen and oxygen atoms in total. The Bertz CT molecular complexity index is 5670. The summed E-state index contributed by atoms with van der Waals surface area (Å²) in [5.74, 6) is -14.0. The molecule has 0 aliphatic rings. The minimum atomic E-state index is -6.45. The van der Waals surface area contributed by atoms with Crippen LogP contribution < -0.4 is 47.4 Å². The van der Waals surface area contributed by atoms with Crippen molar-refractivity contribution in [2.75, 3.05) is 33.0 Å². The molecular formula is C99H70F30O16. The van der Waals surface area contributed by atoms with Gasteiger partial charge in [-0.1, -0.05) is 161 Å². The predicted molar refractivity (Wildman–Crippen MR) is 452 cm³/mol. The maximum absolute atomic E-state index is 15.8. The van der Waals surface area contributed by atoms with Crippen LogP contribution >= 0.6 is 0 Å². The molecule has 0 aliphatic carbocycles. The van der Waals surface area contributed by atoms with E-state index in [1.54, 1.807) is 0 Å². The topological polar surface area (TPSA) is 187 Å². The summed E-state index contributed by atoms with van der Waals surface area (Å²) in [6, 6.07) is 13.1. The molecule has 0 atom stereocenters. The number of rotatable bonds is 38. The maximum atomic E-state index is 15.8. The molecule has 0 saturated heterocycles. The number of ether oxygens (including phenoxy) is 11. The first-order valence-electron chi connectivity index (χ1n) is 41.1. The van der Waals surface area contributed by atoms with Gasteiger partial charge in [0.05, 0.1) is 0 Å². The fourth-order valence-corrected chi connectivity index (χ4v) is 15.7. The van der Waals surface area contributed by atoms with Crippen molar-refractivity contribution < 1.29 is 208 Å². The van der Waals surface area contributed by atoms with Gasteiger partial charge in [0.15, 0.2) is 5.60 Å². The molecule has 46 heteroatoms. The van der Waals surface area contributed by atoms with Gasteiger partial charge in [-0.15, -0.1) is 0 Å². The molecule has 0 fully saturated rings. The molecule has 0 heterocycles. The lowest BCUT2D eigenvalue weighted by Gasteiger charge is -2.43. The van der Waals surface area contributed by atoms with Crippen molar-refractivity contribution in [2.24, 2.45) is 0 Å². The first-order chi connectivity index (χ1) is 67.3. The van der Waals surface area contributed by atoms with Gasteiger partial charge in [-0.2, -0.15) is 132 Å². The third-order valence-corrected chi connectivity index (χ3v) is 22.6. The molecule has 0 radical (unpaired) electrons. The number of carbonyl (C=O) groups excluding carboxylic acids is 5. The number of carbonyl (C=O) groups is 5. The van der Waals surface area contributed by atoms with Gasteiger partial charge in [-0.05, 0) is 183 Å². The monoisotopic (exact) mass is 2080 g/mol. The third-order valence-electron chi connectivity index (χ3n) is 22.6. The Hall–Kier alpha value is -14.9. The summed E-state index contributed by atoms with van der Waals surface area (Å²) in [6.07, 6.45) is -62.5. The van der Waals surface area contributed by atoms with Crippen LogP contribution in [0, 0.1) is 0 Å². The minimum absolute atomic E-state index is 0.136. The molecule has 10 aromatic carbocycles. The average Bonchev–Trinajstić information content (AvgIpc) is 0.734. The standard InChI is InChI=1S/C99H70F30O16/c1-7-78(130)140-73-43-23-63(24-44-73)85(90(100,101)102,91(103,104)105)58-13-33-68(34-14-58)135-53-83(12-6,54-136-69-35-15-59(16-36-69)86(92(106,107)108,93(109,110)111)64-25-45-74(46-26-64)141-79(131)8-2)145-84(55-137-70-37-17-60(18-38-70)87(94(112,113)114,95(115,116)117)65-27-47-75(48-28-65)142-80(132)9-3,56-138-71-39-19-61(20-40-71)88(96(118,119)120,97(121,122)123)66-29-49-76(50-30-66)143-81(133)10-4)57-139-72-41-21-62(22-42-72)89(98(124,125)126,99(127,128)129)67-31-51-77(52-32-67)144-82(134)11-5/h7-11,13-52H,1-5,12,53-57H2,6H3. The van der Waals surface area contributed by atoms with E-state index in [2.05, 4.69) is 32.9 Å². The zero-order chi connectivity index (χ0) is 108. The second kappa shape index (κ2) is 42.2. The van der Waals surface area contributed by atoms with Crippen LogP contribution in [-0.2, 0) is 55.8 Å². The van der Waals surface area contributed by atoms with Gasteiger partial charge < -0.3 is 52.1 Å². The van der Waals surface area contributed by atoms with Crippen LogP contribution in [0.2, 0.25) is 0 Å². The van der Waals surface area contributed by atoms with Crippen molar-refractivity contribution in [1.82, 2.24) is 0 Å². The third kappa shape index (κ3) is 22.6. The lowest BCUT2D eigenvalue weighted by Crippen LogP contribution is -2.59. The maximum Gasteiger partial charge on any atom is 0.411 e. The van der Waals surface area contributed by atoms with Gasteiger partial charge in [0, 0.05) is 30.4 Å². The fourth-order valence-electron chi connectivity index (χ4n) is 15.7. The molecule has 0 aliphatic heterocycles. The van der Waals surface area contributed by atoms with E-state index in [0.29, 0.717) is 152 Å². The highest BCUT2D eigenvalue weighted by Crippen LogP contribution is 2.63. The van der Waals surface area contributed by atoms with Gasteiger partial charge in [0.2, 0.25) is 27.1 Å². The van der Waals surface area contributed by atoms with E-state index < -0.39 is 282 Å². The summed E-state index contributed by atoms with van der Waals surface area (Å²) < 4.78 is 535. The van der Waals surface area contributed by atoms with E-state index in [4.69, 9.17) is 52.1 Å². The number of hydrogen-bond acceptors (Lipinski definition) is 16. The van der Waals surface area contributed by atoms with Crippen LogP contribution in [0.25, 0.3) is 0 Å². The van der Waals surface area contributed by atoms with Gasteiger partial charge in [-0.25, -0.2) is 24.0 Å². The molecule has 0 saturated carbocycles. The Morgan fingerprint density at radius 3 is 0.407 bits per heavy atom. The normalized spacial score (nSPS) is 13.1. The quantitative estimate of drug-likeness (QED) is 0.0154. The van der Waals surface area contributed by atoms with Crippen LogP contribution in [0.3, 0.4) is 0 Å². The molecule has 0 unspecified atom stereocenters. The van der Waals surface area contributed by atoms with E-state index in [-0.39, 0.29) is 121 Å². The van der Waals surface area contributed by atoms with Crippen molar-refractivity contribution >= 4 is 29.8 Å². The molecule has 10 aromatic rings. The molecular weight excluding hydrogens is 2020 g/mol. The zero-order valence-electron chi connectivity index (χ0n) is 73.6. The Morgan fingerprint density at radius 1 is 0.193 bits per heavy atom. The number of halogens is 30. The summed E-state index contributed by atoms with van der Waals surface area (Å²) >= 11 is 0. The first kappa shape index (κ1) is 112. The van der Waals surface area contributed by atoms with Crippen LogP contribution in [0.4, 0.5) is 132 Å². The molecule has 0 amide bonds. The number of benzene rings is 10. The highest BCUT2D eigenvalue weighted by molar-refractivity contribution is 5.85. The van der Waals surface area contributed by atoms with Gasteiger partial charge >= 0.3 is 91.6 Å². The van der Waals surface area contributed by atoms with Gasteiger partial charge in [0.25, 0.3) is 0 Å². The van der Waals surface area contributed by atoms with Crippen molar-refractivity contribution in [3.8, 4) is 57.5 Å². The SMILES string of the molecule is C=CC(=O)Oc1ccc(C(c2ccc(OCC(CC)(COc3ccc(C(c4ccc(OC(=O)C=C)cc4)(C(F)(F)F)C(F)(F)F)cc3)OC(COc3ccc(C(c4ccc(OC(=O)C=C)cc4)(C(F)(F)F)C(F)(F)F)cc3)(COc3ccc(C(c4ccc(OC(=O)C=C)cc4)(C(F)(F)F)C(F)(F)F)cc3)COc3ccc(C(c4ccc(OC(=O)C=C)cc4)(C(F)(F)F)C(F)(F)F)cc3)cc2)(C(F)(F)F)C(F)(F)F)cc1. The van der Waals surface area contributed by atoms with Gasteiger partial charge in [0.1, 0.15) is 96.1 Å². The Balaban J connectivity index is 1.23. The highest BCUT2D eigenvalue weighted by Gasteiger charge is 2.77. The smallest absolute Gasteiger partial charge is 0.411 e. The molecule has 0 spiro atoms. The first-order valence-corrected chi connectivity index (χ1v) is 41.1. The summed E-state index contributed by atoms with van der Waals surface area (Å²) in [5.41, 5.74) is -48.3. The number of alkyl halides is 30. The minimum Gasteiger partial charge on any atom is -0.490 e. The van der Waals surface area contributed by atoms with Crippen LogP contribution in [0.1, 0.15) is 69.0 Å². The molecule has 0 N–H and O–H groups in total. The van der Waals surface area contributed by atoms with E-state index in [1.165, 1.54) is 0 Å². The van der Waals surface area contributed by atoms with Crippen molar-refractivity contribution in [2.45, 2.75) is 113 Å². The van der Waals surface area contributed by atoms with Gasteiger partial charge in [-0.3, -0.25) is 0 Å². The van der Waals surface area contributed by atoms with Crippen molar-refractivity contribution in [3.05, 3.63) is 362 Å². The Morgan fingerprint density at radius 2 is 0.303 bits per heavy atom. The zero-order valence-corrected chi connectivity index (χ0v) is 73.6. The molecule has 0 bridgehead atoms. The lowest BCUT2D eigenvalue weighted by molar-refractivity contribution is -0.290. The Labute approximate surface area is 800 Å². The van der Waals surface area contributed by atoms with Crippen LogP contribution in [0.5, 0.6) is 57.5 Å². The second-order valence-corrected chi connectivity index (χ2v) is 31.4. The van der Waals surface area contributed by atoms with E-state index >= 15 is 132 Å². The van der Waals surface area contributed by atoms with Crippen molar-refractivity contribution in [3.63, 3.8) is 0 Å². The molecule has 772 valence electrons. The largest absolute Gasteiger partial charge is 0.490 e. The second-order valence-electron chi connectivity index (χ2n) is 31.4. The summed E-state index contributed by atoms with van der Waals surface area (Å²) in [7, 11) is 0. The van der Waals surface area contributed by atoms with E-state index in [0.717, 1.165) is 6.92 Å². The Kier molecular flexibility index (Phi) is 32.6. The van der Waals surface area contributed by atoms with Crippen molar-refractivity contribution in [1.29, 1.82) is 0 Å². The molecule has 145 heavy (non-hydrogen) atoms. The molecule has 0 aromatic heterocycles. The average molecular weight is 2090 g/mol. The predicted octanol–water partition coefficient (Wildman–Crippen LogP) is 25.8. The summed E-state index contributed by atoms with van der Waals surface area (Å²) in [4.78, 5) is 60.0.